The molecule has 2 N–H and O–H groups in total. The fraction of sp³-hybridized carbons (Fsp3) is 0.600. The molecule has 0 radical (unpaired) electrons. The predicted octanol–water partition coefficient (Wildman–Crippen LogP) is 2.19. The topological polar surface area (TPSA) is 63.4 Å². The Kier molecular flexibility index (Phi) is 4.70. The molecule has 0 spiro atoms. The molecule has 1 heterocycles. The van der Waals surface area contributed by atoms with Gasteiger partial charge in [-0.1, -0.05) is 13.3 Å². The maximum atomic E-state index is 13.4. The molecule has 21 heavy (non-hydrogen) atoms. The van der Waals surface area contributed by atoms with Crippen LogP contribution in [0.3, 0.4) is 0 Å². The van der Waals surface area contributed by atoms with E-state index < -0.39 is 15.8 Å². The lowest BCUT2D eigenvalue weighted by molar-refractivity contribution is 0.230. The number of hydrogen-bond donors (Lipinski definition) is 1. The number of hydrogen-bond acceptors (Lipinski definition) is 3. The normalized spacial score (nSPS) is 24.2. The van der Waals surface area contributed by atoms with Gasteiger partial charge in [0.25, 0.3) is 0 Å². The average molecular weight is 314 g/mol. The number of nitrogens with zero attached hydrogens (tertiary/aromatic N) is 1. The monoisotopic (exact) mass is 314 g/mol. The Morgan fingerprint density at radius 3 is 2.43 bits per heavy atom. The summed E-state index contributed by atoms with van der Waals surface area (Å²) < 4.78 is 40.6. The summed E-state index contributed by atoms with van der Waals surface area (Å²) in [4.78, 5) is 0.231. The van der Waals surface area contributed by atoms with Crippen LogP contribution in [-0.2, 0) is 10.0 Å². The zero-order valence-corrected chi connectivity index (χ0v) is 13.6. The first-order valence-corrected chi connectivity index (χ1v) is 8.73. The molecular formula is C15H23FN2O2S. The Bertz CT molecular complexity index is 608. The summed E-state index contributed by atoms with van der Waals surface area (Å²) in [6.07, 6.45) is 1.52. The van der Waals surface area contributed by atoms with Gasteiger partial charge in [0.2, 0.25) is 10.0 Å². The van der Waals surface area contributed by atoms with E-state index in [1.807, 2.05) is 6.92 Å². The highest BCUT2D eigenvalue weighted by molar-refractivity contribution is 7.89. The van der Waals surface area contributed by atoms with Gasteiger partial charge in [0, 0.05) is 19.1 Å². The number of sulfonamides is 1. The molecule has 0 amide bonds. The maximum Gasteiger partial charge on any atom is 0.243 e. The summed E-state index contributed by atoms with van der Waals surface area (Å²) in [5.41, 5.74) is 6.95. The average Bonchev–Trinajstić information content (AvgIpc) is 2.37. The quantitative estimate of drug-likeness (QED) is 0.930. The number of piperidine rings is 1. The molecular weight excluding hydrogens is 291 g/mol. The van der Waals surface area contributed by atoms with Crippen molar-refractivity contribution in [2.75, 3.05) is 13.1 Å². The van der Waals surface area contributed by atoms with Gasteiger partial charge in [0.15, 0.2) is 0 Å². The van der Waals surface area contributed by atoms with Crippen LogP contribution in [0.5, 0.6) is 0 Å². The molecule has 0 aliphatic carbocycles. The SMILES string of the molecule is CCC1CN(S(=O)(=O)c2c(C)cc(F)cc2C)CCC1N. The highest BCUT2D eigenvalue weighted by atomic mass is 32.2. The highest BCUT2D eigenvalue weighted by Gasteiger charge is 2.34. The predicted molar refractivity (Wildman–Crippen MR) is 81.0 cm³/mol. The molecule has 1 aromatic rings. The lowest BCUT2D eigenvalue weighted by Gasteiger charge is -2.36. The van der Waals surface area contributed by atoms with E-state index in [-0.39, 0.29) is 16.9 Å². The van der Waals surface area contributed by atoms with E-state index >= 15 is 0 Å². The van der Waals surface area contributed by atoms with Crippen LogP contribution in [0.1, 0.15) is 30.9 Å². The summed E-state index contributed by atoms with van der Waals surface area (Å²) in [6, 6.07) is 2.59. The van der Waals surface area contributed by atoms with Gasteiger partial charge in [0.1, 0.15) is 5.82 Å². The minimum Gasteiger partial charge on any atom is -0.327 e. The van der Waals surface area contributed by atoms with Crippen molar-refractivity contribution in [2.24, 2.45) is 11.7 Å². The van der Waals surface area contributed by atoms with Crippen molar-refractivity contribution in [2.45, 2.75) is 44.6 Å². The van der Waals surface area contributed by atoms with Crippen molar-refractivity contribution in [3.8, 4) is 0 Å². The van der Waals surface area contributed by atoms with E-state index in [1.54, 1.807) is 13.8 Å². The van der Waals surface area contributed by atoms with Crippen LogP contribution in [0.2, 0.25) is 0 Å². The zero-order chi connectivity index (χ0) is 15.8. The van der Waals surface area contributed by atoms with Crippen LogP contribution in [0.15, 0.2) is 17.0 Å². The minimum atomic E-state index is -3.60. The van der Waals surface area contributed by atoms with E-state index in [0.717, 1.165) is 6.42 Å². The van der Waals surface area contributed by atoms with Crippen molar-refractivity contribution in [3.05, 3.63) is 29.1 Å². The van der Waals surface area contributed by atoms with Gasteiger partial charge < -0.3 is 5.73 Å². The molecule has 1 aromatic carbocycles. The number of nitrogens with two attached hydrogens (primary N) is 1. The third kappa shape index (κ3) is 3.12. The third-order valence-electron chi connectivity index (χ3n) is 4.30. The molecule has 1 aliphatic heterocycles. The summed E-state index contributed by atoms with van der Waals surface area (Å²) in [7, 11) is -3.60. The highest BCUT2D eigenvalue weighted by Crippen LogP contribution is 2.29. The molecule has 118 valence electrons. The van der Waals surface area contributed by atoms with Crippen LogP contribution >= 0.6 is 0 Å². The number of halogens is 1. The standard InChI is InChI=1S/C15H23FN2O2S/c1-4-12-9-18(6-5-14(12)17)21(19,20)15-10(2)7-13(16)8-11(15)3/h7-8,12,14H,4-6,9,17H2,1-3H3. The summed E-state index contributed by atoms with van der Waals surface area (Å²) in [6.45, 7) is 6.16. The fourth-order valence-electron chi connectivity index (χ4n) is 3.10. The van der Waals surface area contributed by atoms with Crippen LogP contribution in [-0.4, -0.2) is 31.9 Å². The second-order valence-electron chi connectivity index (χ2n) is 5.85. The van der Waals surface area contributed by atoms with E-state index in [2.05, 4.69) is 0 Å². The summed E-state index contributed by atoms with van der Waals surface area (Å²) in [5, 5.41) is 0. The van der Waals surface area contributed by atoms with Crippen molar-refractivity contribution in [3.63, 3.8) is 0 Å². The lowest BCUT2D eigenvalue weighted by Crippen LogP contribution is -2.49. The van der Waals surface area contributed by atoms with Crippen molar-refractivity contribution in [1.29, 1.82) is 0 Å². The largest absolute Gasteiger partial charge is 0.327 e. The van der Waals surface area contributed by atoms with E-state index in [1.165, 1.54) is 16.4 Å². The molecule has 1 saturated heterocycles. The van der Waals surface area contributed by atoms with Gasteiger partial charge in [-0.25, -0.2) is 12.8 Å². The number of aryl methyl sites for hydroxylation is 2. The fourth-order valence-corrected chi connectivity index (χ4v) is 5.02. The van der Waals surface area contributed by atoms with Gasteiger partial charge >= 0.3 is 0 Å². The van der Waals surface area contributed by atoms with Crippen molar-refractivity contribution >= 4 is 10.0 Å². The van der Waals surface area contributed by atoms with Crippen LogP contribution in [0.25, 0.3) is 0 Å². The molecule has 6 heteroatoms. The number of benzene rings is 1. The van der Waals surface area contributed by atoms with Gasteiger partial charge in [-0.3, -0.25) is 0 Å². The van der Waals surface area contributed by atoms with Crippen molar-refractivity contribution in [1.82, 2.24) is 4.31 Å². The molecule has 1 aliphatic rings. The minimum absolute atomic E-state index is 0.0526. The molecule has 2 rings (SSSR count). The Labute approximate surface area is 126 Å². The van der Waals surface area contributed by atoms with Gasteiger partial charge in [0.05, 0.1) is 4.90 Å². The van der Waals surface area contributed by atoms with E-state index in [0.29, 0.717) is 30.6 Å². The first-order valence-electron chi connectivity index (χ1n) is 7.29. The molecule has 0 aromatic heterocycles. The first-order chi connectivity index (χ1) is 9.77. The van der Waals surface area contributed by atoms with Crippen molar-refractivity contribution < 1.29 is 12.8 Å². The molecule has 1 fully saturated rings. The lowest BCUT2D eigenvalue weighted by atomic mass is 9.92. The van der Waals surface area contributed by atoms with Gasteiger partial charge in [-0.15, -0.1) is 0 Å². The second kappa shape index (κ2) is 6.02. The Morgan fingerprint density at radius 1 is 1.33 bits per heavy atom. The second-order valence-corrected chi connectivity index (χ2v) is 7.73. The molecule has 0 saturated carbocycles. The zero-order valence-electron chi connectivity index (χ0n) is 12.8. The number of rotatable bonds is 3. The van der Waals surface area contributed by atoms with Gasteiger partial charge in [-0.05, 0) is 49.4 Å². The molecule has 2 atom stereocenters. The van der Waals surface area contributed by atoms with Crippen LogP contribution in [0.4, 0.5) is 4.39 Å². The Balaban J connectivity index is 2.39. The van der Waals surface area contributed by atoms with E-state index in [9.17, 15) is 12.8 Å². The first kappa shape index (κ1) is 16.4. The molecule has 0 bridgehead atoms. The third-order valence-corrected chi connectivity index (χ3v) is 6.47. The maximum absolute atomic E-state index is 13.4. The Morgan fingerprint density at radius 2 is 1.90 bits per heavy atom. The Hall–Kier alpha value is -0.980. The van der Waals surface area contributed by atoms with Crippen LogP contribution < -0.4 is 5.73 Å². The molecule has 4 nitrogen and oxygen atoms in total. The van der Waals surface area contributed by atoms with E-state index in [4.69, 9.17) is 5.73 Å². The molecule has 2 unspecified atom stereocenters. The summed E-state index contributed by atoms with van der Waals surface area (Å²) in [5.74, 6) is -0.231. The van der Waals surface area contributed by atoms with Gasteiger partial charge in [-0.2, -0.15) is 4.31 Å². The van der Waals surface area contributed by atoms with Crippen LogP contribution in [0, 0.1) is 25.6 Å². The summed E-state index contributed by atoms with van der Waals surface area (Å²) >= 11 is 0. The smallest absolute Gasteiger partial charge is 0.243 e.